The highest BCUT2D eigenvalue weighted by Gasteiger charge is 2.15. The van der Waals surface area contributed by atoms with Crippen molar-refractivity contribution in [1.82, 2.24) is 0 Å². The minimum atomic E-state index is -0.639. The van der Waals surface area contributed by atoms with Crippen LogP contribution in [0.1, 0.15) is 0 Å². The van der Waals surface area contributed by atoms with Gasteiger partial charge in [0, 0.05) is 9.79 Å². The normalized spacial score (nSPS) is 10.9. The molecule has 5 heteroatoms. The second-order valence-corrected chi connectivity index (χ2v) is 11.0. The summed E-state index contributed by atoms with van der Waals surface area (Å²) in [6.45, 7) is 0. The van der Waals surface area contributed by atoms with E-state index in [9.17, 15) is 8.78 Å². The average molecular weight is 362 g/mol. The predicted molar refractivity (Wildman–Crippen MR) is 97.5 cm³/mol. The molecule has 0 amide bonds. The molecule has 0 spiro atoms. The second kappa shape index (κ2) is 7.96. The number of hydrogen-bond acceptors (Lipinski definition) is 2. The van der Waals surface area contributed by atoms with Crippen molar-refractivity contribution in [2.24, 2.45) is 0 Å². The van der Waals surface area contributed by atoms with Gasteiger partial charge < -0.3 is 0 Å². The molecule has 3 aromatic carbocycles. The van der Waals surface area contributed by atoms with Gasteiger partial charge in [0.25, 0.3) is 0 Å². The van der Waals surface area contributed by atoms with Crippen LogP contribution in [-0.2, 0) is 0 Å². The molecule has 0 N–H and O–H groups in total. The highest BCUT2D eigenvalue weighted by Crippen LogP contribution is 2.65. The van der Waals surface area contributed by atoms with E-state index < -0.39 is 6.33 Å². The van der Waals surface area contributed by atoms with Gasteiger partial charge in [-0.2, -0.15) is 0 Å². The highest BCUT2D eigenvalue weighted by molar-refractivity contribution is 8.90. The van der Waals surface area contributed by atoms with Crippen molar-refractivity contribution in [3.05, 3.63) is 90.5 Å². The molecule has 0 unspecified atom stereocenters. The first-order chi connectivity index (χ1) is 11.2. The molecule has 116 valence electrons. The van der Waals surface area contributed by atoms with E-state index in [0.29, 0.717) is 0 Å². The van der Waals surface area contributed by atoms with Gasteiger partial charge in [-0.25, -0.2) is 8.78 Å². The molecular weight excluding hydrogens is 349 g/mol. The number of rotatable bonds is 5. The molecule has 23 heavy (non-hydrogen) atoms. The largest absolute Gasteiger partial charge is 0.207 e. The van der Waals surface area contributed by atoms with Crippen molar-refractivity contribution in [2.75, 3.05) is 0 Å². The van der Waals surface area contributed by atoms with Crippen LogP contribution in [0.25, 0.3) is 0 Å². The number of halogens is 2. The minimum absolute atomic E-state index is 0.232. The Morgan fingerprint density at radius 3 is 1.43 bits per heavy atom. The quantitative estimate of drug-likeness (QED) is 0.476. The van der Waals surface area contributed by atoms with Gasteiger partial charge in [-0.1, -0.05) is 53.1 Å². The van der Waals surface area contributed by atoms with Gasteiger partial charge in [-0.15, -0.1) is 0 Å². The molecule has 0 aliphatic carbocycles. The van der Waals surface area contributed by atoms with Gasteiger partial charge in [0.1, 0.15) is 11.6 Å². The van der Waals surface area contributed by atoms with Gasteiger partial charge in [0.05, 0.1) is 6.33 Å². The van der Waals surface area contributed by atoms with E-state index in [-0.39, 0.29) is 11.6 Å². The summed E-state index contributed by atoms with van der Waals surface area (Å²) in [6.07, 6.45) is -0.639. The lowest BCUT2D eigenvalue weighted by Crippen LogP contribution is -1.94. The van der Waals surface area contributed by atoms with Crippen LogP contribution in [0.3, 0.4) is 0 Å². The van der Waals surface area contributed by atoms with E-state index in [1.165, 1.54) is 29.6 Å². The zero-order valence-electron chi connectivity index (χ0n) is 12.0. The van der Waals surface area contributed by atoms with Crippen molar-refractivity contribution < 1.29 is 8.78 Å². The van der Waals surface area contributed by atoms with Crippen molar-refractivity contribution in [3.63, 3.8) is 0 Å². The van der Waals surface area contributed by atoms with Gasteiger partial charge >= 0.3 is 0 Å². The Morgan fingerprint density at radius 2 is 1.00 bits per heavy atom. The first-order valence-corrected chi connectivity index (χ1v) is 11.1. The molecule has 0 saturated carbocycles. The molecule has 0 heterocycles. The highest BCUT2D eigenvalue weighted by atomic mass is 33.1. The Bertz CT molecular complexity index is 699. The molecule has 0 aliphatic rings. The van der Waals surface area contributed by atoms with E-state index in [0.717, 1.165) is 9.79 Å². The third-order valence-electron chi connectivity index (χ3n) is 2.97. The maximum absolute atomic E-state index is 13.1. The smallest absolute Gasteiger partial charge is 0.123 e. The van der Waals surface area contributed by atoms with Crippen molar-refractivity contribution in [1.29, 1.82) is 0 Å². The molecule has 0 bridgehead atoms. The van der Waals surface area contributed by atoms with Crippen LogP contribution in [0.2, 0.25) is 0 Å². The first kappa shape index (κ1) is 16.5. The molecular formula is C18H13F2PS2. The van der Waals surface area contributed by atoms with Crippen molar-refractivity contribution in [2.45, 2.75) is 9.79 Å². The molecule has 0 radical (unpaired) electrons. The lowest BCUT2D eigenvalue weighted by atomic mass is 10.4. The van der Waals surface area contributed by atoms with Crippen LogP contribution in [0, 0.1) is 11.6 Å². The third kappa shape index (κ3) is 4.81. The predicted octanol–water partition coefficient (Wildman–Crippen LogP) is 6.49. The molecule has 3 aromatic rings. The second-order valence-electron chi connectivity index (χ2n) is 4.68. The molecule has 0 fully saturated rings. The Balaban J connectivity index is 1.84. The maximum Gasteiger partial charge on any atom is 0.123 e. The first-order valence-electron chi connectivity index (χ1n) is 6.93. The average Bonchev–Trinajstić information content (AvgIpc) is 2.59. The SMILES string of the molecule is Fc1ccc(SP(Sc2ccc(F)cc2)c2ccccc2)cc1. The maximum atomic E-state index is 13.1. The monoisotopic (exact) mass is 362 g/mol. The number of benzene rings is 3. The fourth-order valence-electron chi connectivity index (χ4n) is 1.86. The van der Waals surface area contributed by atoms with E-state index in [2.05, 4.69) is 12.1 Å². The lowest BCUT2D eigenvalue weighted by molar-refractivity contribution is 0.626. The van der Waals surface area contributed by atoms with Crippen LogP contribution in [-0.4, -0.2) is 0 Å². The Labute approximate surface area is 143 Å². The lowest BCUT2D eigenvalue weighted by Gasteiger charge is -2.16. The van der Waals surface area contributed by atoms with Crippen LogP contribution >= 0.6 is 29.1 Å². The molecule has 0 saturated heterocycles. The van der Waals surface area contributed by atoms with Crippen LogP contribution in [0.5, 0.6) is 0 Å². The summed E-state index contributed by atoms with van der Waals surface area (Å²) >= 11 is 3.43. The van der Waals surface area contributed by atoms with E-state index in [1.54, 1.807) is 47.0 Å². The van der Waals surface area contributed by atoms with Crippen molar-refractivity contribution in [3.8, 4) is 0 Å². The van der Waals surface area contributed by atoms with Crippen molar-refractivity contribution >= 4 is 34.4 Å². The summed E-state index contributed by atoms with van der Waals surface area (Å²) in [5.41, 5.74) is 0. The minimum Gasteiger partial charge on any atom is -0.207 e. The Kier molecular flexibility index (Phi) is 5.71. The van der Waals surface area contributed by atoms with Gasteiger partial charge in [0.2, 0.25) is 0 Å². The third-order valence-corrected chi connectivity index (χ3v) is 9.85. The van der Waals surface area contributed by atoms with E-state index in [4.69, 9.17) is 0 Å². The van der Waals surface area contributed by atoms with Gasteiger partial charge in [-0.05, 0) is 53.8 Å². The summed E-state index contributed by atoms with van der Waals surface area (Å²) in [7, 11) is 0. The molecule has 0 nitrogen and oxygen atoms in total. The fourth-order valence-corrected chi connectivity index (χ4v) is 8.66. The standard InChI is InChI=1S/C18H13F2PS2/c19-14-6-10-17(11-7-14)22-21(16-4-2-1-3-5-16)23-18-12-8-15(20)9-13-18/h1-13H. The summed E-state index contributed by atoms with van der Waals surface area (Å²) in [5, 5.41) is 1.23. The van der Waals surface area contributed by atoms with Gasteiger partial charge in [0.15, 0.2) is 0 Å². The summed E-state index contributed by atoms with van der Waals surface area (Å²) < 4.78 is 26.2. The van der Waals surface area contributed by atoms with E-state index in [1.807, 2.05) is 18.2 Å². The summed E-state index contributed by atoms with van der Waals surface area (Å²) in [6, 6.07) is 23.3. The molecule has 0 aromatic heterocycles. The van der Waals surface area contributed by atoms with Crippen LogP contribution < -0.4 is 5.30 Å². The Hall–Kier alpha value is -1.35. The summed E-state index contributed by atoms with van der Waals surface area (Å²) in [4.78, 5) is 2.05. The van der Waals surface area contributed by atoms with Crippen LogP contribution in [0.15, 0.2) is 88.7 Å². The fraction of sp³-hybridized carbons (Fsp3) is 0. The summed E-state index contributed by atoms with van der Waals surface area (Å²) in [5.74, 6) is -0.464. The van der Waals surface area contributed by atoms with E-state index >= 15 is 0 Å². The zero-order chi connectivity index (χ0) is 16.1. The zero-order valence-corrected chi connectivity index (χ0v) is 14.6. The number of hydrogen-bond donors (Lipinski definition) is 0. The molecule has 3 rings (SSSR count). The molecule has 0 atom stereocenters. The Morgan fingerprint density at radius 1 is 0.565 bits per heavy atom. The topological polar surface area (TPSA) is 0 Å². The molecule has 0 aliphatic heterocycles. The van der Waals surface area contributed by atoms with Crippen LogP contribution in [0.4, 0.5) is 8.78 Å². The van der Waals surface area contributed by atoms with Gasteiger partial charge in [-0.3, -0.25) is 0 Å².